The number of aliphatic hydroxyl groups is 1. The van der Waals surface area contributed by atoms with E-state index in [-0.39, 0.29) is 5.56 Å². The lowest BCUT2D eigenvalue weighted by atomic mass is 10.0. The first-order chi connectivity index (χ1) is 14.1. The summed E-state index contributed by atoms with van der Waals surface area (Å²) in [6, 6.07) is 13.0. The standard InChI is InChI=1S/C23H16N4O2/c28-22-19-18(8-12-25-22)14-26-21(27-19)17-4-1-3-15(13-17)6-9-23(29)10-7-16-5-2-11-24-20(16)23/h1-5,8,11-14,29H,7,10H2,(H,25,28). The fraction of sp³-hybridized carbons (Fsp3) is 0.130. The van der Waals surface area contributed by atoms with Crippen molar-refractivity contribution < 1.29 is 5.11 Å². The van der Waals surface area contributed by atoms with E-state index >= 15 is 0 Å². The minimum absolute atomic E-state index is 0.253. The highest BCUT2D eigenvalue weighted by molar-refractivity contribution is 5.78. The Morgan fingerprint density at radius 2 is 2.07 bits per heavy atom. The molecule has 3 heterocycles. The van der Waals surface area contributed by atoms with Crippen molar-refractivity contribution in [2.45, 2.75) is 18.4 Å². The van der Waals surface area contributed by atoms with Crippen molar-refractivity contribution in [1.29, 1.82) is 0 Å². The van der Waals surface area contributed by atoms with Gasteiger partial charge >= 0.3 is 0 Å². The van der Waals surface area contributed by atoms with E-state index < -0.39 is 5.60 Å². The van der Waals surface area contributed by atoms with E-state index in [0.29, 0.717) is 28.8 Å². The highest BCUT2D eigenvalue weighted by atomic mass is 16.3. The molecule has 0 fully saturated rings. The van der Waals surface area contributed by atoms with Gasteiger partial charge in [0, 0.05) is 35.1 Å². The summed E-state index contributed by atoms with van der Waals surface area (Å²) in [5.41, 5.74) is 2.01. The molecule has 6 nitrogen and oxygen atoms in total. The lowest BCUT2D eigenvalue weighted by Gasteiger charge is -2.15. The number of hydrogen-bond acceptors (Lipinski definition) is 5. The molecule has 2 N–H and O–H groups in total. The molecule has 0 amide bonds. The maximum atomic E-state index is 12.0. The fourth-order valence-corrected chi connectivity index (χ4v) is 3.59. The zero-order valence-electron chi connectivity index (χ0n) is 15.4. The van der Waals surface area contributed by atoms with Gasteiger partial charge in [0.1, 0.15) is 5.52 Å². The van der Waals surface area contributed by atoms with E-state index in [0.717, 1.165) is 23.1 Å². The van der Waals surface area contributed by atoms with Crippen LogP contribution in [0.15, 0.2) is 65.8 Å². The van der Waals surface area contributed by atoms with Gasteiger partial charge in [0.05, 0.1) is 5.69 Å². The molecule has 5 rings (SSSR count). The van der Waals surface area contributed by atoms with Crippen molar-refractivity contribution in [3.05, 3.63) is 88.2 Å². The molecule has 0 spiro atoms. The van der Waals surface area contributed by atoms with Gasteiger partial charge in [-0.1, -0.05) is 30.0 Å². The summed E-state index contributed by atoms with van der Waals surface area (Å²) < 4.78 is 0. The van der Waals surface area contributed by atoms with Gasteiger partial charge in [-0.2, -0.15) is 0 Å². The van der Waals surface area contributed by atoms with Crippen molar-refractivity contribution in [2.24, 2.45) is 0 Å². The van der Waals surface area contributed by atoms with Crippen LogP contribution in [0.1, 0.15) is 23.2 Å². The van der Waals surface area contributed by atoms with E-state index in [4.69, 9.17) is 0 Å². The van der Waals surface area contributed by atoms with Crippen LogP contribution in [0.3, 0.4) is 0 Å². The zero-order chi connectivity index (χ0) is 19.8. The molecule has 1 aliphatic carbocycles. The number of nitrogens with one attached hydrogen (secondary N) is 1. The Labute approximate surface area is 166 Å². The Bertz CT molecular complexity index is 1370. The van der Waals surface area contributed by atoms with Crippen molar-refractivity contribution in [3.63, 3.8) is 0 Å². The Morgan fingerprint density at radius 1 is 1.14 bits per heavy atom. The second-order valence-corrected chi connectivity index (χ2v) is 7.01. The molecule has 0 aliphatic heterocycles. The van der Waals surface area contributed by atoms with Gasteiger partial charge in [0.25, 0.3) is 5.56 Å². The number of aromatic amines is 1. The molecule has 29 heavy (non-hydrogen) atoms. The number of H-pyrrole nitrogens is 1. The first-order valence-electron chi connectivity index (χ1n) is 9.27. The maximum absolute atomic E-state index is 12.0. The lowest BCUT2D eigenvalue weighted by molar-refractivity contribution is 0.0982. The highest BCUT2D eigenvalue weighted by Gasteiger charge is 2.36. The summed E-state index contributed by atoms with van der Waals surface area (Å²) in [7, 11) is 0. The number of pyridine rings is 2. The fourth-order valence-electron chi connectivity index (χ4n) is 3.59. The predicted molar refractivity (Wildman–Crippen MR) is 109 cm³/mol. The molecule has 140 valence electrons. The van der Waals surface area contributed by atoms with Crippen LogP contribution in [0.2, 0.25) is 0 Å². The van der Waals surface area contributed by atoms with E-state index in [1.54, 1.807) is 24.7 Å². The summed E-state index contributed by atoms with van der Waals surface area (Å²) in [4.78, 5) is 27.7. The Balaban J connectivity index is 1.52. The number of nitrogens with zero attached hydrogens (tertiary/aromatic N) is 3. The Morgan fingerprint density at radius 3 is 3.00 bits per heavy atom. The van der Waals surface area contributed by atoms with Gasteiger partial charge < -0.3 is 10.1 Å². The first-order valence-corrected chi connectivity index (χ1v) is 9.27. The molecular formula is C23H16N4O2. The zero-order valence-corrected chi connectivity index (χ0v) is 15.4. The second-order valence-electron chi connectivity index (χ2n) is 7.01. The van der Waals surface area contributed by atoms with Crippen LogP contribution in [0.5, 0.6) is 0 Å². The third-order valence-electron chi connectivity index (χ3n) is 5.08. The van der Waals surface area contributed by atoms with E-state index in [1.807, 2.05) is 36.4 Å². The molecule has 0 bridgehead atoms. The molecule has 3 aromatic heterocycles. The summed E-state index contributed by atoms with van der Waals surface area (Å²) in [6.45, 7) is 0. The molecular weight excluding hydrogens is 364 g/mol. The highest BCUT2D eigenvalue weighted by Crippen LogP contribution is 2.34. The van der Waals surface area contributed by atoms with E-state index in [1.165, 1.54) is 0 Å². The molecule has 0 saturated carbocycles. The normalized spacial score (nSPS) is 17.6. The summed E-state index contributed by atoms with van der Waals surface area (Å²) in [5.74, 6) is 6.51. The average molecular weight is 380 g/mol. The third kappa shape index (κ3) is 3.08. The van der Waals surface area contributed by atoms with Gasteiger partial charge in [-0.05, 0) is 42.7 Å². The van der Waals surface area contributed by atoms with E-state index in [2.05, 4.69) is 31.8 Å². The Kier molecular flexibility index (Phi) is 3.97. The Hall–Kier alpha value is -3.82. The second kappa shape index (κ2) is 6.66. The molecule has 6 heteroatoms. The van der Waals surface area contributed by atoms with Gasteiger partial charge in [-0.15, -0.1) is 0 Å². The van der Waals surface area contributed by atoms with Gasteiger partial charge in [-0.3, -0.25) is 9.78 Å². The quantitative estimate of drug-likeness (QED) is 0.495. The lowest BCUT2D eigenvalue weighted by Crippen LogP contribution is -2.20. The monoisotopic (exact) mass is 380 g/mol. The molecule has 4 aromatic rings. The smallest absolute Gasteiger partial charge is 0.274 e. The van der Waals surface area contributed by atoms with Crippen LogP contribution >= 0.6 is 0 Å². The average Bonchev–Trinajstić information content (AvgIpc) is 3.10. The number of fused-ring (bicyclic) bond motifs is 2. The number of hydrogen-bond donors (Lipinski definition) is 2. The van der Waals surface area contributed by atoms with Gasteiger partial charge in [-0.25, -0.2) is 9.97 Å². The predicted octanol–water partition coefficient (Wildman–Crippen LogP) is 2.57. The molecule has 0 saturated heterocycles. The summed E-state index contributed by atoms with van der Waals surface area (Å²) >= 11 is 0. The summed E-state index contributed by atoms with van der Waals surface area (Å²) in [5, 5.41) is 11.6. The molecule has 0 radical (unpaired) electrons. The largest absolute Gasteiger partial charge is 0.372 e. The number of benzene rings is 1. The first kappa shape index (κ1) is 17.3. The van der Waals surface area contributed by atoms with Crippen molar-refractivity contribution in [1.82, 2.24) is 19.9 Å². The SMILES string of the molecule is O=c1[nH]ccc2cnc(-c3cccc(C#CC4(O)CCc5cccnc54)c3)nc12. The minimum Gasteiger partial charge on any atom is -0.372 e. The van der Waals surface area contributed by atoms with Gasteiger partial charge in [0.15, 0.2) is 11.4 Å². The van der Waals surface area contributed by atoms with Gasteiger partial charge in [0.2, 0.25) is 0 Å². The van der Waals surface area contributed by atoms with Crippen molar-refractivity contribution in [2.75, 3.05) is 0 Å². The van der Waals surface area contributed by atoms with Crippen molar-refractivity contribution >= 4 is 10.9 Å². The van der Waals surface area contributed by atoms with E-state index in [9.17, 15) is 9.90 Å². The van der Waals surface area contributed by atoms with Crippen LogP contribution in [0, 0.1) is 11.8 Å². The molecule has 1 unspecified atom stereocenters. The van der Waals surface area contributed by atoms with Crippen LogP contribution in [-0.2, 0) is 12.0 Å². The number of rotatable bonds is 1. The number of aromatic nitrogens is 4. The minimum atomic E-state index is -1.24. The topological polar surface area (TPSA) is 91.8 Å². The van der Waals surface area contributed by atoms with Crippen LogP contribution < -0.4 is 5.56 Å². The van der Waals surface area contributed by atoms with Crippen molar-refractivity contribution in [3.8, 4) is 23.2 Å². The van der Waals surface area contributed by atoms with Crippen LogP contribution in [0.4, 0.5) is 0 Å². The molecule has 1 aliphatic rings. The third-order valence-corrected chi connectivity index (χ3v) is 5.08. The molecule has 1 aromatic carbocycles. The summed E-state index contributed by atoms with van der Waals surface area (Å²) in [6.07, 6.45) is 6.17. The van der Waals surface area contributed by atoms with Crippen LogP contribution in [0.25, 0.3) is 22.3 Å². The maximum Gasteiger partial charge on any atom is 0.274 e. The van der Waals surface area contributed by atoms with Crippen LogP contribution in [-0.4, -0.2) is 25.0 Å². The molecule has 1 atom stereocenters. The number of aryl methyl sites for hydroxylation is 1.